The zero-order valence-corrected chi connectivity index (χ0v) is 19.8. The minimum absolute atomic E-state index is 0.0349. The Morgan fingerprint density at radius 3 is 2.43 bits per heavy atom. The Morgan fingerprint density at radius 1 is 0.971 bits per heavy atom. The summed E-state index contributed by atoms with van der Waals surface area (Å²) in [5.41, 5.74) is 3.48. The van der Waals surface area contributed by atoms with Crippen LogP contribution in [-0.2, 0) is 11.3 Å². The number of anilines is 1. The van der Waals surface area contributed by atoms with Crippen molar-refractivity contribution in [1.82, 2.24) is 10.3 Å². The maximum atomic E-state index is 12.7. The second-order valence-electron chi connectivity index (χ2n) is 8.85. The highest BCUT2D eigenvalue weighted by Gasteiger charge is 2.26. The van der Waals surface area contributed by atoms with Gasteiger partial charge in [0.05, 0.1) is 17.8 Å². The number of carbonyl (C=O) groups is 2. The van der Waals surface area contributed by atoms with Gasteiger partial charge in [0.25, 0.3) is 5.91 Å². The molecule has 5 rings (SSSR count). The number of benzene rings is 2. The second kappa shape index (κ2) is 9.62. The van der Waals surface area contributed by atoms with Gasteiger partial charge in [-0.1, -0.05) is 30.7 Å². The van der Waals surface area contributed by atoms with Crippen molar-refractivity contribution in [3.63, 3.8) is 0 Å². The summed E-state index contributed by atoms with van der Waals surface area (Å²) in [5.74, 6) is 2.55. The van der Waals surface area contributed by atoms with Crippen LogP contribution in [0.3, 0.4) is 0 Å². The van der Waals surface area contributed by atoms with E-state index in [-0.39, 0.29) is 24.3 Å². The van der Waals surface area contributed by atoms with Gasteiger partial charge in [-0.05, 0) is 63.1 Å². The van der Waals surface area contributed by atoms with Gasteiger partial charge in [-0.3, -0.25) is 9.59 Å². The van der Waals surface area contributed by atoms with Crippen LogP contribution in [0.2, 0.25) is 0 Å². The van der Waals surface area contributed by atoms with Gasteiger partial charge >= 0.3 is 0 Å². The molecule has 1 fully saturated rings. The number of carbonyl (C=O) groups excluding carboxylic acids is 2. The highest BCUT2D eigenvalue weighted by atomic mass is 16.4. The van der Waals surface area contributed by atoms with Crippen molar-refractivity contribution in [3.05, 3.63) is 83.4 Å². The van der Waals surface area contributed by atoms with Crippen LogP contribution >= 0.6 is 0 Å². The summed E-state index contributed by atoms with van der Waals surface area (Å²) in [5, 5.41) is 5.92. The second-order valence-corrected chi connectivity index (χ2v) is 8.85. The standard InChI is InChI=1S/C28H27N3O4/c1-17-10-15-25(34-17)19-11-13-21(14-12-19)26(32)29-16-24-18(2)35-28(31-24)22-8-3-4-9-23(22)30-27(33)20-6-5-7-20/h3-4,8-15,20H,5-7,16H2,1-2H3,(H,29,32)(H,30,33). The summed E-state index contributed by atoms with van der Waals surface area (Å²) >= 11 is 0. The number of amides is 2. The molecule has 35 heavy (non-hydrogen) atoms. The Labute approximate surface area is 203 Å². The lowest BCUT2D eigenvalue weighted by Gasteiger charge is -2.24. The number of nitrogens with one attached hydrogen (secondary N) is 2. The quantitative estimate of drug-likeness (QED) is 0.352. The van der Waals surface area contributed by atoms with E-state index in [9.17, 15) is 9.59 Å². The number of hydrogen-bond donors (Lipinski definition) is 2. The Balaban J connectivity index is 1.26. The van der Waals surface area contributed by atoms with Crippen LogP contribution in [0.15, 0.2) is 69.5 Å². The molecule has 4 aromatic rings. The van der Waals surface area contributed by atoms with E-state index in [1.807, 2.05) is 62.4 Å². The van der Waals surface area contributed by atoms with Crippen molar-refractivity contribution in [3.8, 4) is 22.8 Å². The van der Waals surface area contributed by atoms with E-state index in [0.717, 1.165) is 36.3 Å². The zero-order valence-electron chi connectivity index (χ0n) is 19.8. The number of nitrogens with zero attached hydrogens (tertiary/aromatic N) is 1. The lowest BCUT2D eigenvalue weighted by Crippen LogP contribution is -2.28. The largest absolute Gasteiger partial charge is 0.461 e. The molecule has 7 nitrogen and oxygen atoms in total. The Morgan fingerprint density at radius 2 is 1.74 bits per heavy atom. The van der Waals surface area contributed by atoms with E-state index in [4.69, 9.17) is 8.83 Å². The van der Waals surface area contributed by atoms with Crippen molar-refractivity contribution in [1.29, 1.82) is 0 Å². The molecule has 0 saturated heterocycles. The van der Waals surface area contributed by atoms with Gasteiger partial charge in [0.15, 0.2) is 0 Å². The summed E-state index contributed by atoms with van der Waals surface area (Å²) in [6.45, 7) is 3.93. The number of oxazole rings is 1. The van der Waals surface area contributed by atoms with Gasteiger partial charge in [0, 0.05) is 17.0 Å². The molecule has 1 aliphatic carbocycles. The average Bonchev–Trinajstić information content (AvgIpc) is 3.42. The van der Waals surface area contributed by atoms with Crippen LogP contribution in [0.5, 0.6) is 0 Å². The highest BCUT2D eigenvalue weighted by Crippen LogP contribution is 2.32. The molecular weight excluding hydrogens is 442 g/mol. The Bertz CT molecular complexity index is 1360. The van der Waals surface area contributed by atoms with E-state index < -0.39 is 0 Å². The van der Waals surface area contributed by atoms with Gasteiger partial charge in [-0.15, -0.1) is 0 Å². The van der Waals surface area contributed by atoms with Crippen molar-refractivity contribution in [2.24, 2.45) is 5.92 Å². The predicted molar refractivity (Wildman–Crippen MR) is 133 cm³/mol. The molecule has 2 amide bonds. The first kappa shape index (κ1) is 22.7. The average molecular weight is 470 g/mol. The third-order valence-corrected chi connectivity index (χ3v) is 6.37. The molecule has 0 spiro atoms. The summed E-state index contributed by atoms with van der Waals surface area (Å²) in [6, 6.07) is 18.5. The monoisotopic (exact) mass is 469 g/mol. The molecule has 1 saturated carbocycles. The third-order valence-electron chi connectivity index (χ3n) is 6.37. The van der Waals surface area contributed by atoms with Crippen LogP contribution in [0.1, 0.15) is 46.8 Å². The lowest BCUT2D eigenvalue weighted by atomic mass is 9.85. The van der Waals surface area contributed by atoms with Crippen molar-refractivity contribution in [2.75, 3.05) is 5.32 Å². The van der Waals surface area contributed by atoms with Gasteiger partial charge in [0.1, 0.15) is 23.0 Å². The summed E-state index contributed by atoms with van der Waals surface area (Å²) in [4.78, 5) is 29.7. The van der Waals surface area contributed by atoms with Gasteiger partial charge < -0.3 is 19.5 Å². The summed E-state index contributed by atoms with van der Waals surface area (Å²) < 4.78 is 11.5. The fourth-order valence-corrected chi connectivity index (χ4v) is 4.03. The number of para-hydroxylation sites is 1. The van der Waals surface area contributed by atoms with Crippen molar-refractivity contribution < 1.29 is 18.4 Å². The molecular formula is C28H27N3O4. The topological polar surface area (TPSA) is 97.4 Å². The van der Waals surface area contributed by atoms with E-state index >= 15 is 0 Å². The van der Waals surface area contributed by atoms with Crippen LogP contribution in [0.25, 0.3) is 22.8 Å². The van der Waals surface area contributed by atoms with Crippen molar-refractivity contribution >= 4 is 17.5 Å². The molecule has 0 atom stereocenters. The SMILES string of the molecule is Cc1ccc(-c2ccc(C(=O)NCc3nc(-c4ccccc4NC(=O)C4CCC4)oc3C)cc2)o1. The first-order valence-electron chi connectivity index (χ1n) is 11.8. The number of rotatable bonds is 7. The fourth-order valence-electron chi connectivity index (χ4n) is 4.03. The molecule has 0 aliphatic heterocycles. The number of aryl methyl sites for hydroxylation is 2. The van der Waals surface area contributed by atoms with E-state index in [2.05, 4.69) is 15.6 Å². The molecule has 2 N–H and O–H groups in total. The minimum Gasteiger partial charge on any atom is -0.461 e. The van der Waals surface area contributed by atoms with Crippen LogP contribution in [0, 0.1) is 19.8 Å². The molecule has 2 heterocycles. The Hall–Kier alpha value is -4.13. The van der Waals surface area contributed by atoms with E-state index in [0.29, 0.717) is 34.2 Å². The van der Waals surface area contributed by atoms with E-state index in [1.54, 1.807) is 12.1 Å². The first-order valence-corrected chi connectivity index (χ1v) is 11.8. The summed E-state index contributed by atoms with van der Waals surface area (Å²) in [6.07, 6.45) is 2.96. The van der Waals surface area contributed by atoms with Gasteiger partial charge in [-0.25, -0.2) is 4.98 Å². The van der Waals surface area contributed by atoms with Crippen LogP contribution in [0.4, 0.5) is 5.69 Å². The lowest BCUT2D eigenvalue weighted by molar-refractivity contribution is -0.122. The molecule has 7 heteroatoms. The number of furan rings is 1. The van der Waals surface area contributed by atoms with Gasteiger partial charge in [0.2, 0.25) is 11.8 Å². The van der Waals surface area contributed by atoms with Crippen LogP contribution in [-0.4, -0.2) is 16.8 Å². The number of hydrogen-bond acceptors (Lipinski definition) is 5. The van der Waals surface area contributed by atoms with E-state index in [1.165, 1.54) is 0 Å². The third kappa shape index (κ3) is 4.89. The smallest absolute Gasteiger partial charge is 0.251 e. The predicted octanol–water partition coefficient (Wildman–Crippen LogP) is 5.89. The fraction of sp³-hybridized carbons (Fsp3) is 0.250. The molecule has 178 valence electrons. The molecule has 2 aromatic carbocycles. The normalized spacial score (nSPS) is 13.3. The number of aromatic nitrogens is 1. The minimum atomic E-state index is -0.204. The highest BCUT2D eigenvalue weighted by molar-refractivity contribution is 5.96. The summed E-state index contributed by atoms with van der Waals surface area (Å²) in [7, 11) is 0. The Kier molecular flexibility index (Phi) is 6.23. The van der Waals surface area contributed by atoms with Crippen LogP contribution < -0.4 is 10.6 Å². The first-order chi connectivity index (χ1) is 17.0. The molecule has 0 bridgehead atoms. The maximum Gasteiger partial charge on any atom is 0.251 e. The molecule has 0 unspecified atom stereocenters. The molecule has 2 aromatic heterocycles. The molecule has 0 radical (unpaired) electrons. The molecule has 1 aliphatic rings. The van der Waals surface area contributed by atoms with Crippen molar-refractivity contribution in [2.45, 2.75) is 39.7 Å². The van der Waals surface area contributed by atoms with Gasteiger partial charge in [-0.2, -0.15) is 0 Å². The maximum absolute atomic E-state index is 12.7. The zero-order chi connectivity index (χ0) is 24.4.